The van der Waals surface area contributed by atoms with Gasteiger partial charge >= 0.3 is 0 Å². The summed E-state index contributed by atoms with van der Waals surface area (Å²) in [6, 6.07) is 3.94. The molecule has 0 aliphatic carbocycles. The normalized spacial score (nSPS) is 13.1. The van der Waals surface area contributed by atoms with Gasteiger partial charge < -0.3 is 0 Å². The number of rotatable bonds is 1. The van der Waals surface area contributed by atoms with Gasteiger partial charge in [-0.2, -0.15) is 12.6 Å². The standard InChI is InChI=1S/C7H9NS/c1-6(9)7-2-4-8-5-3-7/h2-6,9H,1H3/t6-/m1/s1. The molecule has 48 valence electrons. The van der Waals surface area contributed by atoms with E-state index < -0.39 is 0 Å². The van der Waals surface area contributed by atoms with Crippen LogP contribution in [0.2, 0.25) is 0 Å². The largest absolute Gasteiger partial charge is 0.265 e. The van der Waals surface area contributed by atoms with E-state index in [-0.39, 0.29) is 0 Å². The third-order valence-electron chi connectivity index (χ3n) is 1.19. The SMILES string of the molecule is C[C@@H](S)c1ccncc1. The molecule has 1 aromatic rings. The predicted molar refractivity (Wildman–Crippen MR) is 41.6 cm³/mol. The monoisotopic (exact) mass is 139 g/mol. The van der Waals surface area contributed by atoms with Gasteiger partial charge in [0.1, 0.15) is 0 Å². The van der Waals surface area contributed by atoms with E-state index in [1.807, 2.05) is 19.1 Å². The van der Waals surface area contributed by atoms with Gasteiger partial charge in [-0.3, -0.25) is 4.98 Å². The third-order valence-corrected chi connectivity index (χ3v) is 1.49. The molecule has 0 radical (unpaired) electrons. The first-order valence-corrected chi connectivity index (χ1v) is 3.40. The highest BCUT2D eigenvalue weighted by atomic mass is 32.1. The molecule has 9 heavy (non-hydrogen) atoms. The molecule has 1 nitrogen and oxygen atoms in total. The highest BCUT2D eigenvalue weighted by Gasteiger charge is 1.94. The molecule has 0 aliphatic heterocycles. The Morgan fingerprint density at radius 2 is 2.00 bits per heavy atom. The van der Waals surface area contributed by atoms with Gasteiger partial charge in [0.2, 0.25) is 0 Å². The molecular weight excluding hydrogens is 130 g/mol. The van der Waals surface area contributed by atoms with Gasteiger partial charge in [0.15, 0.2) is 0 Å². The van der Waals surface area contributed by atoms with Crippen LogP contribution in [0.4, 0.5) is 0 Å². The molecule has 0 N–H and O–H groups in total. The lowest BCUT2D eigenvalue weighted by atomic mass is 10.2. The topological polar surface area (TPSA) is 12.9 Å². The van der Waals surface area contributed by atoms with E-state index in [0.29, 0.717) is 5.25 Å². The van der Waals surface area contributed by atoms with Crippen LogP contribution in [0.15, 0.2) is 24.5 Å². The van der Waals surface area contributed by atoms with Crippen molar-refractivity contribution in [3.05, 3.63) is 30.1 Å². The number of aromatic nitrogens is 1. The van der Waals surface area contributed by atoms with Crippen LogP contribution < -0.4 is 0 Å². The molecule has 0 fully saturated rings. The molecule has 0 aromatic carbocycles. The van der Waals surface area contributed by atoms with E-state index in [1.54, 1.807) is 12.4 Å². The molecule has 1 atom stereocenters. The summed E-state index contributed by atoms with van der Waals surface area (Å²) in [6.07, 6.45) is 3.56. The summed E-state index contributed by atoms with van der Waals surface area (Å²) < 4.78 is 0. The molecule has 0 spiro atoms. The third kappa shape index (κ3) is 1.72. The molecule has 2 heteroatoms. The second-order valence-electron chi connectivity index (χ2n) is 1.96. The van der Waals surface area contributed by atoms with Crippen molar-refractivity contribution in [2.75, 3.05) is 0 Å². The maximum atomic E-state index is 4.26. The van der Waals surface area contributed by atoms with Crippen molar-refractivity contribution in [2.24, 2.45) is 0 Å². The van der Waals surface area contributed by atoms with Gasteiger partial charge in [0.05, 0.1) is 0 Å². The summed E-state index contributed by atoms with van der Waals surface area (Å²) in [4.78, 5) is 3.89. The van der Waals surface area contributed by atoms with Crippen molar-refractivity contribution in [2.45, 2.75) is 12.2 Å². The van der Waals surface area contributed by atoms with Crippen LogP contribution in [0.3, 0.4) is 0 Å². The fourth-order valence-electron chi connectivity index (χ4n) is 0.642. The minimum atomic E-state index is 0.313. The van der Waals surface area contributed by atoms with E-state index in [0.717, 1.165) is 0 Å². The van der Waals surface area contributed by atoms with Crippen molar-refractivity contribution >= 4 is 12.6 Å². The average molecular weight is 139 g/mol. The second kappa shape index (κ2) is 2.87. The minimum Gasteiger partial charge on any atom is -0.265 e. The summed E-state index contributed by atoms with van der Waals surface area (Å²) in [5.74, 6) is 0. The fourth-order valence-corrected chi connectivity index (χ4v) is 0.814. The summed E-state index contributed by atoms with van der Waals surface area (Å²) in [6.45, 7) is 2.04. The van der Waals surface area contributed by atoms with Gasteiger partial charge in [-0.1, -0.05) is 0 Å². The number of nitrogens with zero attached hydrogens (tertiary/aromatic N) is 1. The zero-order valence-corrected chi connectivity index (χ0v) is 6.18. The zero-order valence-electron chi connectivity index (χ0n) is 5.28. The smallest absolute Gasteiger partial charge is 0.0270 e. The number of thiol groups is 1. The summed E-state index contributed by atoms with van der Waals surface area (Å²) >= 11 is 4.26. The van der Waals surface area contributed by atoms with Crippen molar-refractivity contribution < 1.29 is 0 Å². The van der Waals surface area contributed by atoms with Crippen LogP contribution >= 0.6 is 12.6 Å². The van der Waals surface area contributed by atoms with E-state index in [9.17, 15) is 0 Å². The molecule has 0 amide bonds. The maximum absolute atomic E-state index is 4.26. The van der Waals surface area contributed by atoms with Gasteiger partial charge in [-0.15, -0.1) is 0 Å². The lowest BCUT2D eigenvalue weighted by Gasteiger charge is -2.00. The molecule has 0 saturated carbocycles. The molecule has 0 aliphatic rings. The quantitative estimate of drug-likeness (QED) is 0.588. The van der Waals surface area contributed by atoms with E-state index in [1.165, 1.54) is 5.56 Å². The lowest BCUT2D eigenvalue weighted by Crippen LogP contribution is -1.82. The first-order chi connectivity index (χ1) is 4.30. The van der Waals surface area contributed by atoms with Gasteiger partial charge in [0, 0.05) is 17.6 Å². The van der Waals surface area contributed by atoms with E-state index >= 15 is 0 Å². The van der Waals surface area contributed by atoms with Crippen molar-refractivity contribution in [3.63, 3.8) is 0 Å². The van der Waals surface area contributed by atoms with E-state index in [2.05, 4.69) is 17.6 Å². The zero-order chi connectivity index (χ0) is 6.69. The molecule has 1 heterocycles. The Kier molecular flexibility index (Phi) is 2.11. The second-order valence-corrected chi connectivity index (χ2v) is 2.73. The Hall–Kier alpha value is -0.500. The first kappa shape index (κ1) is 6.62. The van der Waals surface area contributed by atoms with Crippen molar-refractivity contribution in [1.29, 1.82) is 0 Å². The fraction of sp³-hybridized carbons (Fsp3) is 0.286. The Balaban J connectivity index is 2.85. The van der Waals surface area contributed by atoms with Gasteiger partial charge in [0.25, 0.3) is 0 Å². The maximum Gasteiger partial charge on any atom is 0.0270 e. The summed E-state index contributed by atoms with van der Waals surface area (Å²) in [5, 5.41) is 0.313. The van der Waals surface area contributed by atoms with Crippen molar-refractivity contribution in [3.8, 4) is 0 Å². The van der Waals surface area contributed by atoms with Crippen LogP contribution in [-0.4, -0.2) is 4.98 Å². The van der Waals surface area contributed by atoms with Crippen LogP contribution in [0.1, 0.15) is 17.7 Å². The molecule has 0 bridgehead atoms. The summed E-state index contributed by atoms with van der Waals surface area (Å²) in [7, 11) is 0. The Labute approximate surface area is 60.5 Å². The Bertz CT molecular complexity index is 172. The predicted octanol–water partition coefficient (Wildman–Crippen LogP) is 2.07. The highest BCUT2D eigenvalue weighted by molar-refractivity contribution is 7.80. The lowest BCUT2D eigenvalue weighted by molar-refractivity contribution is 1.09. The van der Waals surface area contributed by atoms with Gasteiger partial charge in [-0.05, 0) is 24.6 Å². The van der Waals surface area contributed by atoms with E-state index in [4.69, 9.17) is 0 Å². The van der Waals surface area contributed by atoms with Crippen LogP contribution in [0.5, 0.6) is 0 Å². The summed E-state index contributed by atoms with van der Waals surface area (Å²) in [5.41, 5.74) is 1.22. The molecule has 0 unspecified atom stereocenters. The molecule has 0 saturated heterocycles. The minimum absolute atomic E-state index is 0.313. The number of hydrogen-bond acceptors (Lipinski definition) is 2. The van der Waals surface area contributed by atoms with Crippen molar-refractivity contribution in [1.82, 2.24) is 4.98 Å². The first-order valence-electron chi connectivity index (χ1n) is 2.88. The number of hydrogen-bond donors (Lipinski definition) is 1. The van der Waals surface area contributed by atoms with Crippen LogP contribution in [0.25, 0.3) is 0 Å². The molecule has 1 aromatic heterocycles. The Morgan fingerprint density at radius 1 is 1.44 bits per heavy atom. The Morgan fingerprint density at radius 3 is 2.33 bits per heavy atom. The van der Waals surface area contributed by atoms with Gasteiger partial charge in [-0.25, -0.2) is 0 Å². The number of pyridine rings is 1. The molecule has 1 rings (SSSR count). The highest BCUT2D eigenvalue weighted by Crippen LogP contribution is 2.16. The van der Waals surface area contributed by atoms with Crippen LogP contribution in [-0.2, 0) is 0 Å². The van der Waals surface area contributed by atoms with Crippen LogP contribution in [0, 0.1) is 0 Å². The molecular formula is C7H9NS. The average Bonchev–Trinajstić information content (AvgIpc) is 1.90.